The lowest BCUT2D eigenvalue weighted by Gasteiger charge is -2.24. The minimum Gasteiger partial charge on any atom is -0.330 e. The Morgan fingerprint density at radius 3 is 1.90 bits per heavy atom. The van der Waals surface area contributed by atoms with Crippen molar-refractivity contribution in [2.45, 2.75) is 33.2 Å². The van der Waals surface area contributed by atoms with Gasteiger partial charge in [-0.2, -0.15) is 0 Å². The molecule has 0 spiro atoms. The third-order valence-corrected chi connectivity index (χ3v) is 2.15. The lowest BCUT2D eigenvalue weighted by atomic mass is 9.88. The number of nitrogens with two attached hydrogens (primary N) is 2. The second kappa shape index (κ2) is 4.69. The van der Waals surface area contributed by atoms with Crippen LogP contribution >= 0.6 is 0 Å². The third kappa shape index (κ3) is 2.67. The van der Waals surface area contributed by atoms with Crippen LogP contribution < -0.4 is 11.5 Å². The van der Waals surface area contributed by atoms with Crippen molar-refractivity contribution in [1.82, 2.24) is 0 Å². The highest BCUT2D eigenvalue weighted by atomic mass is 14.7. The first kappa shape index (κ1) is 9.92. The summed E-state index contributed by atoms with van der Waals surface area (Å²) in [5.74, 6) is 1.10. The van der Waals surface area contributed by atoms with Crippen LogP contribution in [0.15, 0.2) is 0 Å². The van der Waals surface area contributed by atoms with Gasteiger partial charge in [-0.25, -0.2) is 0 Å². The molecule has 0 saturated carbocycles. The van der Waals surface area contributed by atoms with Gasteiger partial charge in [0.2, 0.25) is 0 Å². The first-order chi connectivity index (χ1) is 4.63. The zero-order valence-corrected chi connectivity index (χ0v) is 7.30. The molecule has 2 atom stereocenters. The Morgan fingerprint density at radius 2 is 1.80 bits per heavy atom. The molecule has 0 amide bonds. The van der Waals surface area contributed by atoms with Gasteiger partial charge < -0.3 is 11.5 Å². The molecule has 0 heterocycles. The Hall–Kier alpha value is -0.0800. The van der Waals surface area contributed by atoms with Gasteiger partial charge in [-0.3, -0.25) is 0 Å². The molecule has 0 aliphatic rings. The Balaban J connectivity index is 3.80. The van der Waals surface area contributed by atoms with Gasteiger partial charge in [-0.05, 0) is 24.8 Å². The Morgan fingerprint density at radius 1 is 1.30 bits per heavy atom. The standard InChI is InChI=1S/C8H20N2/c1-4-8(10)7(5-9)6(2)3/h6-8H,4-5,9-10H2,1-3H3. The summed E-state index contributed by atoms with van der Waals surface area (Å²) in [6.45, 7) is 7.17. The zero-order chi connectivity index (χ0) is 8.15. The molecule has 2 nitrogen and oxygen atoms in total. The van der Waals surface area contributed by atoms with E-state index in [2.05, 4.69) is 20.8 Å². The molecule has 0 aliphatic carbocycles. The van der Waals surface area contributed by atoms with Crippen LogP contribution in [-0.2, 0) is 0 Å². The molecule has 4 N–H and O–H groups in total. The maximum atomic E-state index is 5.85. The van der Waals surface area contributed by atoms with Crippen molar-refractivity contribution in [2.24, 2.45) is 23.3 Å². The Kier molecular flexibility index (Phi) is 4.65. The summed E-state index contributed by atoms with van der Waals surface area (Å²) >= 11 is 0. The second-order valence-electron chi connectivity index (χ2n) is 3.22. The van der Waals surface area contributed by atoms with Gasteiger partial charge in [0.15, 0.2) is 0 Å². The normalized spacial score (nSPS) is 17.4. The van der Waals surface area contributed by atoms with Crippen LogP contribution in [0, 0.1) is 11.8 Å². The Labute approximate surface area is 64.0 Å². The first-order valence-electron chi connectivity index (χ1n) is 4.09. The summed E-state index contributed by atoms with van der Waals surface area (Å²) in [6.07, 6.45) is 1.03. The summed E-state index contributed by atoms with van der Waals surface area (Å²) in [7, 11) is 0. The smallest absolute Gasteiger partial charge is 0.00790 e. The van der Waals surface area contributed by atoms with Crippen molar-refractivity contribution >= 4 is 0 Å². The summed E-state index contributed by atoms with van der Waals surface area (Å²) in [5, 5.41) is 0. The highest BCUT2D eigenvalue weighted by molar-refractivity contribution is 4.74. The van der Waals surface area contributed by atoms with Gasteiger partial charge >= 0.3 is 0 Å². The van der Waals surface area contributed by atoms with Crippen molar-refractivity contribution < 1.29 is 0 Å². The van der Waals surface area contributed by atoms with E-state index in [0.29, 0.717) is 18.4 Å². The molecule has 0 saturated heterocycles. The minimum atomic E-state index is 0.282. The molecule has 0 aromatic heterocycles. The lowest BCUT2D eigenvalue weighted by Crippen LogP contribution is -2.37. The molecule has 0 aromatic carbocycles. The average molecular weight is 144 g/mol. The van der Waals surface area contributed by atoms with Crippen molar-refractivity contribution in [2.75, 3.05) is 6.54 Å². The van der Waals surface area contributed by atoms with Crippen LogP contribution in [0.3, 0.4) is 0 Å². The van der Waals surface area contributed by atoms with E-state index < -0.39 is 0 Å². The molecule has 62 valence electrons. The SMILES string of the molecule is CCC(N)C(CN)C(C)C. The number of rotatable bonds is 4. The highest BCUT2D eigenvalue weighted by Gasteiger charge is 2.17. The first-order valence-corrected chi connectivity index (χ1v) is 4.09. The molecule has 0 fully saturated rings. The van der Waals surface area contributed by atoms with Gasteiger partial charge in [-0.1, -0.05) is 20.8 Å². The van der Waals surface area contributed by atoms with Crippen molar-refractivity contribution in [1.29, 1.82) is 0 Å². The van der Waals surface area contributed by atoms with Gasteiger partial charge in [0, 0.05) is 6.04 Å². The Bertz CT molecular complexity index is 81.3. The summed E-state index contributed by atoms with van der Waals surface area (Å²) < 4.78 is 0. The summed E-state index contributed by atoms with van der Waals surface area (Å²) in [6, 6.07) is 0.282. The van der Waals surface area contributed by atoms with Crippen LogP contribution in [0.2, 0.25) is 0 Å². The summed E-state index contributed by atoms with van der Waals surface area (Å²) in [4.78, 5) is 0. The van der Waals surface area contributed by atoms with Crippen LogP contribution in [-0.4, -0.2) is 12.6 Å². The van der Waals surface area contributed by atoms with Gasteiger partial charge in [0.1, 0.15) is 0 Å². The topological polar surface area (TPSA) is 52.0 Å². The predicted molar refractivity (Wildman–Crippen MR) is 45.6 cm³/mol. The number of hydrogen-bond acceptors (Lipinski definition) is 2. The average Bonchev–Trinajstić information content (AvgIpc) is 1.88. The zero-order valence-electron chi connectivity index (χ0n) is 7.30. The van der Waals surface area contributed by atoms with Crippen LogP contribution in [0.25, 0.3) is 0 Å². The minimum absolute atomic E-state index is 0.282. The van der Waals surface area contributed by atoms with Crippen LogP contribution in [0.4, 0.5) is 0 Å². The van der Waals surface area contributed by atoms with E-state index in [1.165, 1.54) is 0 Å². The fraction of sp³-hybridized carbons (Fsp3) is 1.00. The predicted octanol–water partition coefficient (Wildman–Crippen LogP) is 0.955. The molecular weight excluding hydrogens is 124 g/mol. The van der Waals surface area contributed by atoms with Gasteiger partial charge in [0.25, 0.3) is 0 Å². The number of hydrogen-bond donors (Lipinski definition) is 2. The maximum absolute atomic E-state index is 5.85. The van der Waals surface area contributed by atoms with E-state index in [1.807, 2.05) is 0 Å². The van der Waals surface area contributed by atoms with Crippen molar-refractivity contribution in [3.63, 3.8) is 0 Å². The molecule has 10 heavy (non-hydrogen) atoms. The van der Waals surface area contributed by atoms with E-state index in [9.17, 15) is 0 Å². The van der Waals surface area contributed by atoms with E-state index >= 15 is 0 Å². The lowest BCUT2D eigenvalue weighted by molar-refractivity contribution is 0.320. The van der Waals surface area contributed by atoms with E-state index in [4.69, 9.17) is 11.5 Å². The van der Waals surface area contributed by atoms with E-state index in [0.717, 1.165) is 6.42 Å². The fourth-order valence-corrected chi connectivity index (χ4v) is 1.24. The largest absolute Gasteiger partial charge is 0.330 e. The molecule has 2 unspecified atom stereocenters. The molecule has 0 aromatic rings. The molecule has 0 rings (SSSR count). The third-order valence-electron chi connectivity index (χ3n) is 2.15. The van der Waals surface area contributed by atoms with Crippen LogP contribution in [0.5, 0.6) is 0 Å². The van der Waals surface area contributed by atoms with E-state index in [1.54, 1.807) is 0 Å². The molecule has 0 bridgehead atoms. The molecule has 0 aliphatic heterocycles. The van der Waals surface area contributed by atoms with Crippen LogP contribution in [0.1, 0.15) is 27.2 Å². The highest BCUT2D eigenvalue weighted by Crippen LogP contribution is 2.14. The summed E-state index contributed by atoms with van der Waals surface area (Å²) in [5.41, 5.74) is 11.4. The van der Waals surface area contributed by atoms with Crippen molar-refractivity contribution in [3.05, 3.63) is 0 Å². The second-order valence-corrected chi connectivity index (χ2v) is 3.22. The van der Waals surface area contributed by atoms with E-state index in [-0.39, 0.29) is 6.04 Å². The molecule has 2 heteroatoms. The fourth-order valence-electron chi connectivity index (χ4n) is 1.24. The molecular formula is C8H20N2. The monoisotopic (exact) mass is 144 g/mol. The van der Waals surface area contributed by atoms with Crippen molar-refractivity contribution in [3.8, 4) is 0 Å². The molecule has 0 radical (unpaired) electrons. The maximum Gasteiger partial charge on any atom is 0.00790 e. The quantitative estimate of drug-likeness (QED) is 0.617. The van der Waals surface area contributed by atoms with Gasteiger partial charge in [0.05, 0.1) is 0 Å². The van der Waals surface area contributed by atoms with Gasteiger partial charge in [-0.15, -0.1) is 0 Å².